The largest absolute Gasteiger partial charge is 0.361 e. The van der Waals surface area contributed by atoms with Crippen LogP contribution in [0.5, 0.6) is 0 Å². The molecular weight excluding hydrogens is 176 g/mol. The highest BCUT2D eigenvalue weighted by Crippen LogP contribution is 2.41. The summed E-state index contributed by atoms with van der Waals surface area (Å²) in [6.07, 6.45) is 5.09. The van der Waals surface area contributed by atoms with Crippen molar-refractivity contribution in [2.45, 2.75) is 37.5 Å². The van der Waals surface area contributed by atoms with E-state index in [9.17, 15) is 0 Å². The summed E-state index contributed by atoms with van der Waals surface area (Å²) in [4.78, 5) is 0. The second-order valence-electron chi connectivity index (χ2n) is 4.47. The molecule has 0 amide bonds. The number of hydrogen-bond acceptors (Lipinski definition) is 3. The quantitative estimate of drug-likeness (QED) is 0.779. The van der Waals surface area contributed by atoms with E-state index >= 15 is 0 Å². The van der Waals surface area contributed by atoms with Gasteiger partial charge in [0.1, 0.15) is 5.76 Å². The molecule has 3 rings (SSSR count). The number of rotatable bonds is 2. The van der Waals surface area contributed by atoms with Crippen LogP contribution in [0.4, 0.5) is 0 Å². The smallest absolute Gasteiger partial charge is 0.140 e. The molecule has 1 N–H and O–H groups in total. The van der Waals surface area contributed by atoms with Gasteiger partial charge in [-0.1, -0.05) is 5.16 Å². The Morgan fingerprint density at radius 2 is 2.21 bits per heavy atom. The van der Waals surface area contributed by atoms with E-state index in [0.29, 0.717) is 11.8 Å². The Labute approximate surface area is 83.9 Å². The van der Waals surface area contributed by atoms with Crippen molar-refractivity contribution >= 4 is 0 Å². The second-order valence-corrected chi connectivity index (χ2v) is 4.47. The molecule has 2 aliphatic rings. The fourth-order valence-electron chi connectivity index (χ4n) is 2.16. The van der Waals surface area contributed by atoms with E-state index in [0.717, 1.165) is 18.8 Å². The van der Waals surface area contributed by atoms with E-state index in [-0.39, 0.29) is 0 Å². The number of aromatic nitrogens is 1. The summed E-state index contributed by atoms with van der Waals surface area (Å²) < 4.78 is 5.36. The molecule has 1 atom stereocenters. The van der Waals surface area contributed by atoms with Gasteiger partial charge in [0.25, 0.3) is 0 Å². The Morgan fingerprint density at radius 3 is 2.93 bits per heavy atom. The predicted octanol–water partition coefficient (Wildman–Crippen LogP) is 2.02. The van der Waals surface area contributed by atoms with Crippen molar-refractivity contribution < 1.29 is 4.52 Å². The zero-order chi connectivity index (χ0) is 9.38. The summed E-state index contributed by atoms with van der Waals surface area (Å²) >= 11 is 0. The molecule has 1 aliphatic carbocycles. The van der Waals surface area contributed by atoms with E-state index < -0.39 is 0 Å². The van der Waals surface area contributed by atoms with Crippen LogP contribution in [0.1, 0.15) is 49.0 Å². The molecule has 76 valence electrons. The molecule has 2 fully saturated rings. The third kappa shape index (κ3) is 1.57. The summed E-state index contributed by atoms with van der Waals surface area (Å²) in [5.74, 6) is 2.39. The predicted molar refractivity (Wildman–Crippen MR) is 53.3 cm³/mol. The van der Waals surface area contributed by atoms with Crippen molar-refractivity contribution in [1.82, 2.24) is 10.5 Å². The Morgan fingerprint density at radius 1 is 1.29 bits per heavy atom. The molecule has 0 aromatic carbocycles. The van der Waals surface area contributed by atoms with Crippen molar-refractivity contribution in [3.05, 3.63) is 17.5 Å². The van der Waals surface area contributed by atoms with Gasteiger partial charge in [-0.2, -0.15) is 0 Å². The Balaban J connectivity index is 1.74. The molecule has 1 aromatic heterocycles. The third-order valence-electron chi connectivity index (χ3n) is 3.24. The first-order valence-electron chi connectivity index (χ1n) is 5.61. The molecule has 1 saturated heterocycles. The number of nitrogens with one attached hydrogen (secondary N) is 1. The van der Waals surface area contributed by atoms with Crippen LogP contribution in [0.25, 0.3) is 0 Å². The summed E-state index contributed by atoms with van der Waals surface area (Å²) in [6.45, 7) is 2.22. The molecule has 3 nitrogen and oxygen atoms in total. The number of hydrogen-bond donors (Lipinski definition) is 1. The SMILES string of the molecule is c1c(C2CCCNC2)noc1C1CC1. The molecule has 1 aliphatic heterocycles. The average molecular weight is 192 g/mol. The molecule has 1 saturated carbocycles. The summed E-state index contributed by atoms with van der Waals surface area (Å²) in [6, 6.07) is 2.18. The molecule has 1 unspecified atom stereocenters. The highest BCUT2D eigenvalue weighted by atomic mass is 16.5. The van der Waals surface area contributed by atoms with Crippen LogP contribution in [0.2, 0.25) is 0 Å². The summed E-state index contributed by atoms with van der Waals surface area (Å²) in [5, 5.41) is 7.59. The first-order chi connectivity index (χ1) is 6.93. The zero-order valence-electron chi connectivity index (χ0n) is 8.33. The molecule has 0 bridgehead atoms. The molecule has 3 heteroatoms. The Kier molecular flexibility index (Phi) is 2.05. The Bertz CT molecular complexity index is 311. The van der Waals surface area contributed by atoms with Gasteiger partial charge in [0.05, 0.1) is 5.69 Å². The third-order valence-corrected chi connectivity index (χ3v) is 3.24. The van der Waals surface area contributed by atoms with Gasteiger partial charge in [0.2, 0.25) is 0 Å². The van der Waals surface area contributed by atoms with Gasteiger partial charge < -0.3 is 9.84 Å². The van der Waals surface area contributed by atoms with Crippen LogP contribution in [0.15, 0.2) is 10.6 Å². The topological polar surface area (TPSA) is 38.1 Å². The first-order valence-corrected chi connectivity index (χ1v) is 5.61. The van der Waals surface area contributed by atoms with E-state index in [1.165, 1.54) is 31.4 Å². The maximum absolute atomic E-state index is 5.36. The molecule has 1 aromatic rings. The fourth-order valence-corrected chi connectivity index (χ4v) is 2.16. The lowest BCUT2D eigenvalue weighted by Crippen LogP contribution is -2.28. The van der Waals surface area contributed by atoms with E-state index in [1.807, 2.05) is 0 Å². The van der Waals surface area contributed by atoms with Crippen molar-refractivity contribution in [1.29, 1.82) is 0 Å². The van der Waals surface area contributed by atoms with Crippen LogP contribution in [-0.2, 0) is 0 Å². The highest BCUT2D eigenvalue weighted by molar-refractivity contribution is 5.18. The van der Waals surface area contributed by atoms with Crippen LogP contribution in [-0.4, -0.2) is 18.2 Å². The van der Waals surface area contributed by atoms with E-state index in [2.05, 4.69) is 16.5 Å². The van der Waals surface area contributed by atoms with Crippen molar-refractivity contribution in [3.63, 3.8) is 0 Å². The summed E-state index contributed by atoms with van der Waals surface area (Å²) in [5.41, 5.74) is 1.17. The number of nitrogens with zero attached hydrogens (tertiary/aromatic N) is 1. The minimum atomic E-state index is 0.583. The maximum Gasteiger partial charge on any atom is 0.140 e. The van der Waals surface area contributed by atoms with Gasteiger partial charge in [-0.25, -0.2) is 0 Å². The van der Waals surface area contributed by atoms with Gasteiger partial charge in [0, 0.05) is 24.4 Å². The molecule has 0 radical (unpaired) electrons. The average Bonchev–Trinajstić information content (AvgIpc) is 2.98. The van der Waals surface area contributed by atoms with E-state index in [4.69, 9.17) is 4.52 Å². The van der Waals surface area contributed by atoms with Crippen LogP contribution in [0.3, 0.4) is 0 Å². The van der Waals surface area contributed by atoms with Gasteiger partial charge in [-0.15, -0.1) is 0 Å². The van der Waals surface area contributed by atoms with E-state index in [1.54, 1.807) is 0 Å². The van der Waals surface area contributed by atoms with Gasteiger partial charge in [-0.05, 0) is 32.2 Å². The fraction of sp³-hybridized carbons (Fsp3) is 0.727. The Hall–Kier alpha value is -0.830. The lowest BCUT2D eigenvalue weighted by atomic mass is 9.96. The van der Waals surface area contributed by atoms with Gasteiger partial charge in [0.15, 0.2) is 0 Å². The zero-order valence-corrected chi connectivity index (χ0v) is 8.33. The maximum atomic E-state index is 5.36. The molecule has 0 spiro atoms. The lowest BCUT2D eigenvalue weighted by molar-refractivity contribution is 0.363. The molecule has 14 heavy (non-hydrogen) atoms. The highest BCUT2D eigenvalue weighted by Gasteiger charge is 2.29. The molecule has 2 heterocycles. The standard InChI is InChI=1S/C11H16N2O/c1-2-9(7-12-5-1)10-6-11(14-13-10)8-3-4-8/h6,8-9,12H,1-5,7H2. The van der Waals surface area contributed by atoms with Crippen LogP contribution >= 0.6 is 0 Å². The van der Waals surface area contributed by atoms with Gasteiger partial charge in [-0.3, -0.25) is 0 Å². The number of piperidine rings is 1. The van der Waals surface area contributed by atoms with Crippen LogP contribution < -0.4 is 5.32 Å². The van der Waals surface area contributed by atoms with Gasteiger partial charge >= 0.3 is 0 Å². The monoisotopic (exact) mass is 192 g/mol. The first kappa shape index (κ1) is 8.48. The second kappa shape index (κ2) is 3.39. The van der Waals surface area contributed by atoms with Crippen molar-refractivity contribution in [3.8, 4) is 0 Å². The molecular formula is C11H16N2O. The lowest BCUT2D eigenvalue weighted by Gasteiger charge is -2.20. The minimum absolute atomic E-state index is 0.583. The summed E-state index contributed by atoms with van der Waals surface area (Å²) in [7, 11) is 0. The van der Waals surface area contributed by atoms with Crippen LogP contribution in [0, 0.1) is 0 Å². The normalized spacial score (nSPS) is 27.9. The van der Waals surface area contributed by atoms with Crippen molar-refractivity contribution in [2.24, 2.45) is 0 Å². The van der Waals surface area contributed by atoms with Crippen molar-refractivity contribution in [2.75, 3.05) is 13.1 Å². The minimum Gasteiger partial charge on any atom is -0.361 e.